The molecule has 0 radical (unpaired) electrons. The molecule has 4 heterocycles. The van der Waals surface area contributed by atoms with Crippen molar-refractivity contribution in [2.24, 2.45) is 0 Å². The van der Waals surface area contributed by atoms with E-state index in [-0.39, 0.29) is 5.91 Å². The van der Waals surface area contributed by atoms with Gasteiger partial charge in [-0.1, -0.05) is 11.6 Å². The molecule has 0 aliphatic rings. The number of hydrogen-bond acceptors (Lipinski definition) is 5. The van der Waals surface area contributed by atoms with E-state index in [0.717, 1.165) is 28.1 Å². The number of fused-ring (bicyclic) bond motifs is 1. The number of aryl methyl sites for hydroxylation is 2. The van der Waals surface area contributed by atoms with E-state index in [0.29, 0.717) is 29.5 Å². The van der Waals surface area contributed by atoms with Crippen molar-refractivity contribution in [3.8, 4) is 11.4 Å². The Morgan fingerprint density at radius 1 is 1.27 bits per heavy atom. The Morgan fingerprint density at radius 3 is 2.77 bits per heavy atom. The van der Waals surface area contributed by atoms with Crippen LogP contribution in [0.25, 0.3) is 17.0 Å². The summed E-state index contributed by atoms with van der Waals surface area (Å²) < 4.78 is 6.09. The van der Waals surface area contributed by atoms with Crippen LogP contribution in [0.2, 0.25) is 5.02 Å². The number of halogens is 2. The van der Waals surface area contributed by atoms with Gasteiger partial charge in [0, 0.05) is 38.6 Å². The third kappa shape index (κ3) is 3.61. The van der Waals surface area contributed by atoms with Crippen molar-refractivity contribution in [3.63, 3.8) is 0 Å². The van der Waals surface area contributed by atoms with Gasteiger partial charge in [-0.25, -0.2) is 9.50 Å². The van der Waals surface area contributed by atoms with Crippen LogP contribution in [0.3, 0.4) is 0 Å². The van der Waals surface area contributed by atoms with Gasteiger partial charge in [0.15, 0.2) is 11.3 Å². The van der Waals surface area contributed by atoms with E-state index in [4.69, 9.17) is 11.6 Å². The molecule has 156 valence electrons. The average molecular weight is 492 g/mol. The zero-order valence-electron chi connectivity index (χ0n) is 16.7. The van der Waals surface area contributed by atoms with E-state index < -0.39 is 0 Å². The monoisotopic (exact) mass is 490 g/mol. The van der Waals surface area contributed by atoms with Crippen LogP contribution in [-0.4, -0.2) is 52.0 Å². The minimum Gasteiger partial charge on any atom is -0.334 e. The van der Waals surface area contributed by atoms with Crippen LogP contribution in [0.1, 0.15) is 30.0 Å². The number of amides is 1. The molecule has 0 fully saturated rings. The lowest BCUT2D eigenvalue weighted by Gasteiger charge is -2.16. The maximum absolute atomic E-state index is 13.0. The zero-order valence-corrected chi connectivity index (χ0v) is 19.1. The van der Waals surface area contributed by atoms with Gasteiger partial charge in [-0.3, -0.25) is 14.2 Å². The Kier molecular flexibility index (Phi) is 5.61. The highest BCUT2D eigenvalue weighted by Crippen LogP contribution is 2.27. The highest BCUT2D eigenvalue weighted by atomic mass is 79.9. The van der Waals surface area contributed by atoms with Gasteiger partial charge >= 0.3 is 0 Å². The lowest BCUT2D eigenvalue weighted by Crippen LogP contribution is -2.28. The minimum atomic E-state index is -0.232. The van der Waals surface area contributed by atoms with Crippen LogP contribution in [-0.2, 0) is 19.6 Å². The second kappa shape index (κ2) is 8.19. The van der Waals surface area contributed by atoms with Gasteiger partial charge in [0.05, 0.1) is 33.6 Å². The summed E-state index contributed by atoms with van der Waals surface area (Å²) in [4.78, 5) is 19.0. The molecular formula is C19H20BrClN8O. The van der Waals surface area contributed by atoms with Crippen molar-refractivity contribution in [2.75, 3.05) is 7.05 Å². The molecule has 0 N–H and O–H groups in total. The summed E-state index contributed by atoms with van der Waals surface area (Å²) in [5, 5.41) is 13.9. The second-order valence-corrected chi connectivity index (χ2v) is 7.99. The number of aromatic nitrogens is 7. The normalized spacial score (nSPS) is 11.4. The molecule has 0 aliphatic carbocycles. The molecule has 9 nitrogen and oxygen atoms in total. The van der Waals surface area contributed by atoms with E-state index in [1.54, 1.807) is 39.6 Å². The number of carbonyl (C=O) groups excluding carboxylic acids is 1. The first-order valence-corrected chi connectivity index (χ1v) is 10.6. The molecule has 0 saturated carbocycles. The highest BCUT2D eigenvalue weighted by Gasteiger charge is 2.21. The van der Waals surface area contributed by atoms with E-state index in [1.807, 2.05) is 30.8 Å². The predicted molar refractivity (Wildman–Crippen MR) is 116 cm³/mol. The third-order valence-electron chi connectivity index (χ3n) is 4.79. The van der Waals surface area contributed by atoms with Crippen molar-refractivity contribution in [1.29, 1.82) is 0 Å². The van der Waals surface area contributed by atoms with Crippen molar-refractivity contribution in [3.05, 3.63) is 51.6 Å². The molecule has 0 bridgehead atoms. The van der Waals surface area contributed by atoms with Crippen LogP contribution in [0.4, 0.5) is 0 Å². The van der Waals surface area contributed by atoms with Crippen LogP contribution in [0.15, 0.2) is 35.2 Å². The quantitative estimate of drug-likeness (QED) is 0.412. The molecule has 0 aromatic carbocycles. The first-order chi connectivity index (χ1) is 14.4. The average Bonchev–Trinajstić information content (AvgIpc) is 3.44. The van der Waals surface area contributed by atoms with Crippen molar-refractivity contribution in [1.82, 2.24) is 39.1 Å². The summed E-state index contributed by atoms with van der Waals surface area (Å²) in [7, 11) is 1.71. The molecule has 0 aliphatic heterocycles. The molecule has 4 rings (SSSR count). The molecule has 0 atom stereocenters. The highest BCUT2D eigenvalue weighted by molar-refractivity contribution is 9.10. The van der Waals surface area contributed by atoms with Gasteiger partial charge in [0.2, 0.25) is 0 Å². The Bertz CT molecular complexity index is 1230. The van der Waals surface area contributed by atoms with Gasteiger partial charge < -0.3 is 4.90 Å². The summed E-state index contributed by atoms with van der Waals surface area (Å²) >= 11 is 9.79. The van der Waals surface area contributed by atoms with E-state index in [9.17, 15) is 4.79 Å². The fourth-order valence-electron chi connectivity index (χ4n) is 3.22. The first-order valence-electron chi connectivity index (χ1n) is 9.46. The van der Waals surface area contributed by atoms with Crippen molar-refractivity contribution in [2.45, 2.75) is 33.5 Å². The Hall–Kier alpha value is -2.72. The summed E-state index contributed by atoms with van der Waals surface area (Å²) in [6.45, 7) is 5.74. The van der Waals surface area contributed by atoms with E-state index in [2.05, 4.69) is 36.2 Å². The second-order valence-electron chi connectivity index (χ2n) is 6.73. The van der Waals surface area contributed by atoms with Crippen LogP contribution < -0.4 is 0 Å². The Morgan fingerprint density at radius 2 is 2.07 bits per heavy atom. The van der Waals surface area contributed by atoms with E-state index in [1.165, 1.54) is 0 Å². The van der Waals surface area contributed by atoms with Gasteiger partial charge in [0.1, 0.15) is 5.69 Å². The lowest BCUT2D eigenvalue weighted by atomic mass is 10.3. The molecule has 0 unspecified atom stereocenters. The summed E-state index contributed by atoms with van der Waals surface area (Å²) in [5.41, 5.74) is 3.12. The van der Waals surface area contributed by atoms with E-state index >= 15 is 0 Å². The van der Waals surface area contributed by atoms with Crippen LogP contribution >= 0.6 is 27.5 Å². The molecule has 0 saturated heterocycles. The first kappa shape index (κ1) is 20.5. The Balaban J connectivity index is 1.67. The molecule has 0 spiro atoms. The summed E-state index contributed by atoms with van der Waals surface area (Å²) in [6.07, 6.45) is 5.18. The topological polar surface area (TPSA) is 86.1 Å². The van der Waals surface area contributed by atoms with Gasteiger partial charge in [-0.15, -0.1) is 0 Å². The maximum Gasteiger partial charge on any atom is 0.274 e. The standard InChI is InChI=1S/C19H20BrClN8O/c1-4-27-10-12(20)18(25-27)15-6-7-22-17-8-14(24-29(15)17)19(30)26(3)11-16-13(21)9-23-28(16)5-2/h6-10H,4-5,11H2,1-3H3. The maximum atomic E-state index is 13.0. The minimum absolute atomic E-state index is 0.232. The number of carbonyl (C=O) groups is 1. The number of nitrogens with zero attached hydrogens (tertiary/aromatic N) is 8. The molecule has 4 aromatic heterocycles. The molecule has 1 amide bonds. The fraction of sp³-hybridized carbons (Fsp3) is 0.316. The molecular weight excluding hydrogens is 472 g/mol. The third-order valence-corrected chi connectivity index (χ3v) is 5.69. The number of hydrogen-bond donors (Lipinski definition) is 0. The van der Waals surface area contributed by atoms with Crippen LogP contribution in [0, 0.1) is 0 Å². The van der Waals surface area contributed by atoms with Crippen molar-refractivity contribution < 1.29 is 4.79 Å². The van der Waals surface area contributed by atoms with Gasteiger partial charge in [0.25, 0.3) is 5.91 Å². The summed E-state index contributed by atoms with van der Waals surface area (Å²) in [6, 6.07) is 3.50. The molecule has 4 aromatic rings. The number of rotatable bonds is 6. The lowest BCUT2D eigenvalue weighted by molar-refractivity contribution is 0.0775. The molecule has 30 heavy (non-hydrogen) atoms. The van der Waals surface area contributed by atoms with Gasteiger partial charge in [-0.05, 0) is 35.8 Å². The Labute approximate surface area is 186 Å². The smallest absolute Gasteiger partial charge is 0.274 e. The molecule has 11 heteroatoms. The van der Waals surface area contributed by atoms with Crippen molar-refractivity contribution >= 4 is 39.1 Å². The SMILES string of the molecule is CCn1cc(Br)c(-c2ccnc3cc(C(=O)N(C)Cc4c(Cl)cnn4CC)nn23)n1. The zero-order chi connectivity index (χ0) is 21.4. The predicted octanol–water partition coefficient (Wildman–Crippen LogP) is 3.52. The fourth-order valence-corrected chi connectivity index (χ4v) is 3.94. The largest absolute Gasteiger partial charge is 0.334 e. The summed E-state index contributed by atoms with van der Waals surface area (Å²) in [5.74, 6) is -0.232. The van der Waals surface area contributed by atoms with Gasteiger partial charge in [-0.2, -0.15) is 15.3 Å². The van der Waals surface area contributed by atoms with Crippen LogP contribution in [0.5, 0.6) is 0 Å².